The predicted octanol–water partition coefficient (Wildman–Crippen LogP) is 3.05. The summed E-state index contributed by atoms with van der Waals surface area (Å²) in [4.78, 5) is 0. The van der Waals surface area contributed by atoms with Gasteiger partial charge in [-0.15, -0.1) is 6.58 Å². The van der Waals surface area contributed by atoms with Crippen molar-refractivity contribution in [3.8, 4) is 0 Å². The summed E-state index contributed by atoms with van der Waals surface area (Å²) in [5.74, 6) is -0.200. The van der Waals surface area contributed by atoms with Gasteiger partial charge in [-0.2, -0.15) is 0 Å². The second kappa shape index (κ2) is 5.66. The zero-order chi connectivity index (χ0) is 11.3. The standard InChI is InChI=1S/C13H18FN/c1-10(2)3-8-13(15)9-11-4-6-12(14)7-5-11/h4-7,13H,1,3,8-9,15H2,2H3. The molecule has 82 valence electrons. The maximum Gasteiger partial charge on any atom is 0.123 e. The van der Waals surface area contributed by atoms with Gasteiger partial charge >= 0.3 is 0 Å². The van der Waals surface area contributed by atoms with Gasteiger partial charge in [-0.1, -0.05) is 17.7 Å². The molecular weight excluding hydrogens is 189 g/mol. The number of hydrogen-bond donors (Lipinski definition) is 1. The van der Waals surface area contributed by atoms with Crippen LogP contribution < -0.4 is 5.73 Å². The molecule has 0 aromatic heterocycles. The number of benzene rings is 1. The molecule has 15 heavy (non-hydrogen) atoms. The molecule has 1 rings (SSSR count). The summed E-state index contributed by atoms with van der Waals surface area (Å²) >= 11 is 0. The van der Waals surface area contributed by atoms with Crippen molar-refractivity contribution in [1.29, 1.82) is 0 Å². The van der Waals surface area contributed by atoms with Gasteiger partial charge in [-0.3, -0.25) is 0 Å². The zero-order valence-electron chi connectivity index (χ0n) is 9.17. The van der Waals surface area contributed by atoms with Crippen LogP contribution in [0.5, 0.6) is 0 Å². The number of hydrogen-bond acceptors (Lipinski definition) is 1. The lowest BCUT2D eigenvalue weighted by molar-refractivity contribution is 0.604. The molecule has 1 nitrogen and oxygen atoms in total. The van der Waals surface area contributed by atoms with E-state index in [-0.39, 0.29) is 11.9 Å². The Morgan fingerprint density at radius 1 is 1.40 bits per heavy atom. The van der Waals surface area contributed by atoms with Crippen LogP contribution in [0.4, 0.5) is 4.39 Å². The van der Waals surface area contributed by atoms with Gasteiger partial charge in [0.2, 0.25) is 0 Å². The van der Waals surface area contributed by atoms with Crippen molar-refractivity contribution in [2.45, 2.75) is 32.2 Å². The van der Waals surface area contributed by atoms with Gasteiger partial charge in [0.15, 0.2) is 0 Å². The molecule has 2 heteroatoms. The van der Waals surface area contributed by atoms with Crippen molar-refractivity contribution in [2.75, 3.05) is 0 Å². The van der Waals surface area contributed by atoms with E-state index in [1.807, 2.05) is 6.92 Å². The lowest BCUT2D eigenvalue weighted by Gasteiger charge is -2.11. The van der Waals surface area contributed by atoms with Gasteiger partial charge < -0.3 is 5.73 Å². The number of nitrogens with two attached hydrogens (primary N) is 1. The molecule has 0 aliphatic heterocycles. The maximum absolute atomic E-state index is 12.6. The number of allylic oxidation sites excluding steroid dienone is 1. The molecule has 0 aliphatic rings. The molecule has 0 amide bonds. The van der Waals surface area contributed by atoms with E-state index in [0.717, 1.165) is 30.4 Å². The van der Waals surface area contributed by atoms with E-state index in [4.69, 9.17) is 5.73 Å². The molecule has 0 spiro atoms. The summed E-state index contributed by atoms with van der Waals surface area (Å²) in [5.41, 5.74) is 8.20. The van der Waals surface area contributed by atoms with Crippen LogP contribution in [0.1, 0.15) is 25.3 Å². The summed E-state index contributed by atoms with van der Waals surface area (Å²) in [6.45, 7) is 5.85. The van der Waals surface area contributed by atoms with Crippen molar-refractivity contribution < 1.29 is 4.39 Å². The van der Waals surface area contributed by atoms with Gasteiger partial charge in [0.1, 0.15) is 5.82 Å². The SMILES string of the molecule is C=C(C)CCC(N)Cc1ccc(F)cc1. The molecule has 0 fully saturated rings. The Morgan fingerprint density at radius 2 is 2.00 bits per heavy atom. The van der Waals surface area contributed by atoms with Crippen molar-refractivity contribution in [2.24, 2.45) is 5.73 Å². The second-order valence-corrected chi connectivity index (χ2v) is 4.09. The molecule has 2 N–H and O–H groups in total. The van der Waals surface area contributed by atoms with Crippen LogP contribution in [0, 0.1) is 5.82 Å². The maximum atomic E-state index is 12.6. The monoisotopic (exact) mass is 207 g/mol. The Labute approximate surface area is 90.8 Å². The van der Waals surface area contributed by atoms with Gasteiger partial charge in [-0.05, 0) is 43.9 Å². The first-order chi connectivity index (χ1) is 7.08. The topological polar surface area (TPSA) is 26.0 Å². The van der Waals surface area contributed by atoms with Crippen LogP contribution in [0.25, 0.3) is 0 Å². The van der Waals surface area contributed by atoms with Gasteiger partial charge in [-0.25, -0.2) is 4.39 Å². The molecule has 0 bridgehead atoms. The van der Waals surface area contributed by atoms with E-state index in [2.05, 4.69) is 6.58 Å². The third-order valence-corrected chi connectivity index (χ3v) is 2.35. The van der Waals surface area contributed by atoms with Crippen molar-refractivity contribution in [3.05, 3.63) is 47.8 Å². The third-order valence-electron chi connectivity index (χ3n) is 2.35. The molecule has 1 atom stereocenters. The van der Waals surface area contributed by atoms with Crippen molar-refractivity contribution in [3.63, 3.8) is 0 Å². The largest absolute Gasteiger partial charge is 0.327 e. The van der Waals surface area contributed by atoms with E-state index in [1.54, 1.807) is 12.1 Å². The van der Waals surface area contributed by atoms with Crippen molar-refractivity contribution in [1.82, 2.24) is 0 Å². The second-order valence-electron chi connectivity index (χ2n) is 4.09. The first-order valence-electron chi connectivity index (χ1n) is 5.22. The fraction of sp³-hybridized carbons (Fsp3) is 0.385. The fourth-order valence-electron chi connectivity index (χ4n) is 1.46. The molecule has 0 heterocycles. The van der Waals surface area contributed by atoms with Gasteiger partial charge in [0.05, 0.1) is 0 Å². The van der Waals surface area contributed by atoms with Gasteiger partial charge in [0, 0.05) is 6.04 Å². The molecule has 0 radical (unpaired) electrons. The summed E-state index contributed by atoms with van der Waals surface area (Å²) in [6, 6.07) is 6.65. The minimum atomic E-state index is -0.200. The number of halogens is 1. The smallest absolute Gasteiger partial charge is 0.123 e. The first-order valence-corrected chi connectivity index (χ1v) is 5.22. The Balaban J connectivity index is 2.40. The van der Waals surface area contributed by atoms with Crippen LogP contribution in [-0.4, -0.2) is 6.04 Å². The summed E-state index contributed by atoms with van der Waals surface area (Å²) in [5, 5.41) is 0. The van der Waals surface area contributed by atoms with Crippen LogP contribution in [-0.2, 0) is 6.42 Å². The van der Waals surface area contributed by atoms with E-state index >= 15 is 0 Å². The highest BCUT2D eigenvalue weighted by Gasteiger charge is 2.04. The highest BCUT2D eigenvalue weighted by molar-refractivity contribution is 5.17. The van der Waals surface area contributed by atoms with E-state index in [1.165, 1.54) is 12.1 Å². The molecule has 0 aliphatic carbocycles. The zero-order valence-corrected chi connectivity index (χ0v) is 9.17. The fourth-order valence-corrected chi connectivity index (χ4v) is 1.46. The Kier molecular flexibility index (Phi) is 4.50. The molecule has 0 saturated heterocycles. The Hall–Kier alpha value is -1.15. The van der Waals surface area contributed by atoms with Crippen LogP contribution in [0.2, 0.25) is 0 Å². The quantitative estimate of drug-likeness (QED) is 0.738. The molecule has 1 unspecified atom stereocenters. The van der Waals surface area contributed by atoms with Crippen LogP contribution >= 0.6 is 0 Å². The summed E-state index contributed by atoms with van der Waals surface area (Å²) < 4.78 is 12.6. The average molecular weight is 207 g/mol. The highest BCUT2D eigenvalue weighted by Crippen LogP contribution is 2.09. The lowest BCUT2D eigenvalue weighted by Crippen LogP contribution is -2.22. The van der Waals surface area contributed by atoms with E-state index in [0.29, 0.717) is 0 Å². The minimum Gasteiger partial charge on any atom is -0.327 e. The Morgan fingerprint density at radius 3 is 2.53 bits per heavy atom. The molecule has 1 aromatic rings. The third kappa shape index (κ3) is 4.75. The minimum absolute atomic E-state index is 0.132. The summed E-state index contributed by atoms with van der Waals surface area (Å²) in [6.07, 6.45) is 2.70. The highest BCUT2D eigenvalue weighted by atomic mass is 19.1. The first kappa shape index (κ1) is 11.9. The normalized spacial score (nSPS) is 12.5. The molecule has 1 aromatic carbocycles. The Bertz CT molecular complexity index is 316. The lowest BCUT2D eigenvalue weighted by atomic mass is 10.0. The van der Waals surface area contributed by atoms with Crippen LogP contribution in [0.3, 0.4) is 0 Å². The number of rotatable bonds is 5. The van der Waals surface area contributed by atoms with Crippen LogP contribution in [0.15, 0.2) is 36.4 Å². The van der Waals surface area contributed by atoms with Gasteiger partial charge in [0.25, 0.3) is 0 Å². The predicted molar refractivity (Wildman–Crippen MR) is 62.1 cm³/mol. The molecular formula is C13H18FN. The average Bonchev–Trinajstić information content (AvgIpc) is 2.19. The summed E-state index contributed by atoms with van der Waals surface area (Å²) in [7, 11) is 0. The molecule has 0 saturated carbocycles. The van der Waals surface area contributed by atoms with E-state index in [9.17, 15) is 4.39 Å². The van der Waals surface area contributed by atoms with E-state index < -0.39 is 0 Å². The van der Waals surface area contributed by atoms with Crippen molar-refractivity contribution >= 4 is 0 Å².